The summed E-state index contributed by atoms with van der Waals surface area (Å²) in [6.45, 7) is 3.66. The van der Waals surface area contributed by atoms with Crippen molar-refractivity contribution in [1.29, 1.82) is 0 Å². The Morgan fingerprint density at radius 3 is 2.71 bits per heavy atom. The highest BCUT2D eigenvalue weighted by molar-refractivity contribution is 8.01. The molecule has 4 nitrogen and oxygen atoms in total. The number of rotatable bonds is 1. The van der Waals surface area contributed by atoms with Crippen LogP contribution in [-0.4, -0.2) is 45.9 Å². The zero-order valence-electron chi connectivity index (χ0n) is 7.93. The Morgan fingerprint density at radius 2 is 2.21 bits per heavy atom. The Kier molecular flexibility index (Phi) is 1.90. The number of carboxylic acid groups (broad SMARTS) is 1. The minimum atomic E-state index is -0.953. The highest BCUT2D eigenvalue weighted by Gasteiger charge is 2.61. The number of aliphatic carboxylic acids is 1. The predicted molar refractivity (Wildman–Crippen MR) is 53.2 cm³/mol. The number of β-lactam (4-membered cyclic amide) rings is 1. The Labute approximate surface area is 87.4 Å². The van der Waals surface area contributed by atoms with Gasteiger partial charge in [0.05, 0.1) is 13.2 Å². The fourth-order valence-corrected chi connectivity index (χ4v) is 3.61. The van der Waals surface area contributed by atoms with Gasteiger partial charge >= 0.3 is 5.97 Å². The maximum absolute atomic E-state index is 11.4. The summed E-state index contributed by atoms with van der Waals surface area (Å²) in [5, 5.41) is 8.87. The van der Waals surface area contributed by atoms with E-state index >= 15 is 0 Å². The normalized spacial score (nSPS) is 39.1. The van der Waals surface area contributed by atoms with E-state index in [9.17, 15) is 9.59 Å². The molecule has 0 aromatic carbocycles. The molecule has 2 saturated heterocycles. The van der Waals surface area contributed by atoms with Gasteiger partial charge in [-0.1, -0.05) is 0 Å². The number of hydrogen-bond donors (Lipinski definition) is 1. The number of carboxylic acids is 1. The zero-order valence-corrected chi connectivity index (χ0v) is 8.75. The van der Waals surface area contributed by atoms with E-state index in [4.69, 9.17) is 13.0 Å². The summed E-state index contributed by atoms with van der Waals surface area (Å²) in [6, 6.07) is -0.746. The summed E-state index contributed by atoms with van der Waals surface area (Å²) in [5.74, 6) is -1.73. The van der Waals surface area contributed by atoms with Gasteiger partial charge in [-0.05, 0) is 13.8 Å². The maximum Gasteiger partial charge on any atom is 0.327 e. The first-order valence-corrected chi connectivity index (χ1v) is 5.22. The smallest absolute Gasteiger partial charge is 0.327 e. The van der Waals surface area contributed by atoms with Crippen LogP contribution in [0.4, 0.5) is 0 Å². The molecular formula is C8H10BNO3S. The van der Waals surface area contributed by atoms with Crippen LogP contribution in [0.5, 0.6) is 0 Å². The number of thioether (sulfide) groups is 1. The van der Waals surface area contributed by atoms with Crippen molar-refractivity contribution in [2.45, 2.75) is 35.8 Å². The van der Waals surface area contributed by atoms with E-state index < -0.39 is 22.6 Å². The van der Waals surface area contributed by atoms with Gasteiger partial charge in [0.15, 0.2) is 0 Å². The summed E-state index contributed by atoms with van der Waals surface area (Å²) >= 11 is 1.47. The number of fused-ring (bicyclic) bond motifs is 1. The van der Waals surface area contributed by atoms with Crippen LogP contribution >= 0.6 is 11.8 Å². The van der Waals surface area contributed by atoms with Crippen molar-refractivity contribution in [2.75, 3.05) is 0 Å². The monoisotopic (exact) mass is 211 g/mol. The summed E-state index contributed by atoms with van der Waals surface area (Å²) in [7, 11) is 5.59. The van der Waals surface area contributed by atoms with Crippen LogP contribution < -0.4 is 0 Å². The third kappa shape index (κ3) is 1.03. The number of carbonyl (C=O) groups excluding carboxylic acids is 1. The van der Waals surface area contributed by atoms with Crippen molar-refractivity contribution < 1.29 is 14.7 Å². The Balaban J connectivity index is 2.32. The second-order valence-electron chi connectivity index (χ2n) is 4.12. The Hall–Kier alpha value is -0.645. The molecule has 3 atom stereocenters. The van der Waals surface area contributed by atoms with Crippen LogP contribution in [-0.2, 0) is 9.59 Å². The van der Waals surface area contributed by atoms with Gasteiger partial charge in [-0.3, -0.25) is 4.79 Å². The van der Waals surface area contributed by atoms with Crippen molar-refractivity contribution in [2.24, 2.45) is 0 Å². The summed E-state index contributed by atoms with van der Waals surface area (Å²) in [4.78, 5) is 23.8. The molecule has 0 saturated carbocycles. The van der Waals surface area contributed by atoms with E-state index in [1.54, 1.807) is 0 Å². The van der Waals surface area contributed by atoms with E-state index in [0.29, 0.717) is 0 Å². The SMILES string of the molecule is [B][C@H]1C(=O)N2[C@@H]1SC(C)(C)[C@@H]2C(=O)O. The second kappa shape index (κ2) is 2.69. The minimum absolute atomic E-state index is 0.154. The molecule has 2 aliphatic heterocycles. The molecule has 1 N–H and O–H groups in total. The molecule has 2 fully saturated rings. The number of amides is 1. The lowest BCUT2D eigenvalue weighted by Gasteiger charge is -2.42. The van der Waals surface area contributed by atoms with E-state index in [2.05, 4.69) is 0 Å². The van der Waals surface area contributed by atoms with E-state index in [0.717, 1.165) is 0 Å². The van der Waals surface area contributed by atoms with Crippen LogP contribution in [0.2, 0.25) is 5.82 Å². The predicted octanol–water partition coefficient (Wildman–Crippen LogP) is 0.0903. The van der Waals surface area contributed by atoms with Crippen LogP contribution in [0.1, 0.15) is 13.8 Å². The van der Waals surface area contributed by atoms with Gasteiger partial charge in [0.1, 0.15) is 6.04 Å². The van der Waals surface area contributed by atoms with Gasteiger partial charge < -0.3 is 10.0 Å². The van der Waals surface area contributed by atoms with Crippen molar-refractivity contribution >= 4 is 31.5 Å². The molecular weight excluding hydrogens is 201 g/mol. The fourth-order valence-electron chi connectivity index (χ4n) is 2.04. The van der Waals surface area contributed by atoms with Gasteiger partial charge in [-0.2, -0.15) is 0 Å². The van der Waals surface area contributed by atoms with E-state index in [1.807, 2.05) is 13.8 Å². The molecule has 0 aromatic heterocycles. The highest BCUT2D eigenvalue weighted by atomic mass is 32.2. The van der Waals surface area contributed by atoms with Gasteiger partial charge in [-0.25, -0.2) is 4.79 Å². The topological polar surface area (TPSA) is 57.6 Å². The number of nitrogens with zero attached hydrogens (tertiary/aromatic N) is 1. The lowest BCUT2D eigenvalue weighted by atomic mass is 9.78. The van der Waals surface area contributed by atoms with Crippen LogP contribution in [0.3, 0.4) is 0 Å². The highest BCUT2D eigenvalue weighted by Crippen LogP contribution is 2.54. The molecule has 2 rings (SSSR count). The summed E-state index contributed by atoms with van der Waals surface area (Å²) in [6.07, 6.45) is 0. The average Bonchev–Trinajstić information content (AvgIpc) is 2.34. The standard InChI is InChI=1S/C8H10BNO3S/c1-8(2)4(7(12)13)10-5(11)3(9)6(10)14-8/h3-4,6H,1-2H3,(H,12,13)/t3-,4-,6+/m0/s1. The van der Waals surface area contributed by atoms with Crippen LogP contribution in [0, 0.1) is 0 Å². The first kappa shape index (κ1) is 9.89. The zero-order chi connectivity index (χ0) is 10.7. The minimum Gasteiger partial charge on any atom is -0.480 e. The van der Waals surface area contributed by atoms with Crippen molar-refractivity contribution in [3.63, 3.8) is 0 Å². The molecule has 2 aliphatic rings. The van der Waals surface area contributed by atoms with Gasteiger partial charge in [0.2, 0.25) is 5.91 Å². The molecule has 74 valence electrons. The molecule has 0 aliphatic carbocycles. The maximum atomic E-state index is 11.4. The Bertz CT molecular complexity index is 320. The molecule has 6 heteroatoms. The van der Waals surface area contributed by atoms with Gasteiger partial charge in [0.25, 0.3) is 0 Å². The lowest BCUT2D eigenvalue weighted by molar-refractivity contribution is -0.157. The molecule has 2 heterocycles. The van der Waals surface area contributed by atoms with Crippen molar-refractivity contribution in [1.82, 2.24) is 4.90 Å². The fraction of sp³-hybridized carbons (Fsp3) is 0.750. The molecule has 1 amide bonds. The van der Waals surface area contributed by atoms with Crippen LogP contribution in [0.15, 0.2) is 0 Å². The first-order chi connectivity index (χ1) is 6.36. The van der Waals surface area contributed by atoms with Gasteiger partial charge in [-0.15, -0.1) is 11.8 Å². The molecule has 0 bridgehead atoms. The summed E-state index contributed by atoms with van der Waals surface area (Å²) in [5.41, 5.74) is 0. The Morgan fingerprint density at radius 1 is 1.64 bits per heavy atom. The quantitative estimate of drug-likeness (QED) is 0.493. The van der Waals surface area contributed by atoms with Crippen molar-refractivity contribution in [3.8, 4) is 0 Å². The molecule has 0 spiro atoms. The largest absolute Gasteiger partial charge is 0.480 e. The average molecular weight is 211 g/mol. The number of hydrogen-bond acceptors (Lipinski definition) is 3. The van der Waals surface area contributed by atoms with E-state index in [1.165, 1.54) is 16.7 Å². The molecule has 2 radical (unpaired) electrons. The van der Waals surface area contributed by atoms with Crippen molar-refractivity contribution in [3.05, 3.63) is 0 Å². The number of carbonyl (C=O) groups is 2. The van der Waals surface area contributed by atoms with Crippen LogP contribution in [0.25, 0.3) is 0 Å². The lowest BCUT2D eigenvalue weighted by Crippen LogP contribution is -2.60. The second-order valence-corrected chi connectivity index (χ2v) is 5.89. The molecule has 0 aromatic rings. The molecule has 14 heavy (non-hydrogen) atoms. The third-order valence-electron chi connectivity index (χ3n) is 2.72. The molecule has 0 unspecified atom stereocenters. The van der Waals surface area contributed by atoms with Gasteiger partial charge in [0, 0.05) is 10.6 Å². The summed E-state index contributed by atoms with van der Waals surface area (Å²) < 4.78 is -0.458. The first-order valence-electron chi connectivity index (χ1n) is 4.34. The third-order valence-corrected chi connectivity index (χ3v) is 4.31. The van der Waals surface area contributed by atoms with E-state index in [-0.39, 0.29) is 11.3 Å².